The molecule has 0 saturated heterocycles. The Bertz CT molecular complexity index is 645. The molecule has 3 nitrogen and oxygen atoms in total. The van der Waals surface area contributed by atoms with Crippen LogP contribution in [0.1, 0.15) is 121 Å². The van der Waals surface area contributed by atoms with Gasteiger partial charge in [-0.05, 0) is 53.2 Å². The van der Waals surface area contributed by atoms with Crippen molar-refractivity contribution in [3.63, 3.8) is 0 Å². The summed E-state index contributed by atoms with van der Waals surface area (Å²) in [4.78, 5) is 0. The Hall–Kier alpha value is -1.30. The quantitative estimate of drug-likeness (QED) is 0.120. The first kappa shape index (κ1) is 29.7. The summed E-state index contributed by atoms with van der Waals surface area (Å²) < 4.78 is 5.98. The van der Waals surface area contributed by atoms with Crippen molar-refractivity contribution in [2.45, 2.75) is 121 Å². The van der Waals surface area contributed by atoms with Gasteiger partial charge < -0.3 is 4.74 Å². The third-order valence-corrected chi connectivity index (χ3v) is 7.11. The minimum atomic E-state index is 0.650. The van der Waals surface area contributed by atoms with E-state index >= 15 is 0 Å². The van der Waals surface area contributed by atoms with Crippen LogP contribution in [0.3, 0.4) is 0 Å². The maximum Gasteiger partial charge on any atom is 0.133 e. The number of unbranched alkanes of at least 4 members (excludes halogenated alkanes) is 15. The summed E-state index contributed by atoms with van der Waals surface area (Å²) in [6.07, 6.45) is 21.9. The second kappa shape index (κ2) is 22.5. The first-order chi connectivity index (χ1) is 16.3. The number of benzene rings is 1. The monoisotopic (exact) mass is 488 g/mol. The van der Waals surface area contributed by atoms with Crippen molar-refractivity contribution in [1.29, 1.82) is 10.5 Å². The maximum atomic E-state index is 8.81. The van der Waals surface area contributed by atoms with Gasteiger partial charge in [-0.15, -0.1) is 0 Å². The van der Waals surface area contributed by atoms with Gasteiger partial charge in [-0.25, -0.2) is 0 Å². The van der Waals surface area contributed by atoms with Gasteiger partial charge >= 0.3 is 0 Å². The summed E-state index contributed by atoms with van der Waals surface area (Å²) in [5.74, 6) is 2.16. The molecule has 0 atom stereocenters. The Kier molecular flexibility index (Phi) is 20.3. The number of rotatable bonds is 22. The lowest BCUT2D eigenvalue weighted by atomic mass is 10.0. The molecule has 1 aromatic carbocycles. The highest BCUT2D eigenvalue weighted by atomic mass is 32.2. The lowest BCUT2D eigenvalue weighted by molar-refractivity contribution is 0.304. The number of thioether (sulfide) groups is 2. The molecule has 0 spiro atoms. The van der Waals surface area contributed by atoms with E-state index in [-0.39, 0.29) is 0 Å². The Balaban J connectivity index is 2.01. The van der Waals surface area contributed by atoms with Crippen LogP contribution in [-0.2, 0) is 11.5 Å². The topological polar surface area (TPSA) is 56.8 Å². The summed E-state index contributed by atoms with van der Waals surface area (Å²) in [7, 11) is 0. The molecule has 0 fully saturated rings. The summed E-state index contributed by atoms with van der Waals surface area (Å²) in [6, 6.07) is 6.12. The molecular formula is C28H44N2OS2. The molecule has 0 unspecified atom stereocenters. The molecule has 0 bridgehead atoms. The molecule has 1 rings (SSSR count). The van der Waals surface area contributed by atoms with Crippen LogP contribution in [-0.4, -0.2) is 6.61 Å². The van der Waals surface area contributed by atoms with E-state index < -0.39 is 0 Å². The van der Waals surface area contributed by atoms with Crippen LogP contribution >= 0.6 is 23.5 Å². The number of ether oxygens (including phenoxy) is 1. The van der Waals surface area contributed by atoms with Gasteiger partial charge in [0.15, 0.2) is 0 Å². The van der Waals surface area contributed by atoms with Crippen molar-refractivity contribution in [1.82, 2.24) is 0 Å². The molecule has 0 N–H and O–H groups in total. The number of hydrogen-bond donors (Lipinski definition) is 0. The van der Waals surface area contributed by atoms with Crippen molar-refractivity contribution >= 4 is 23.5 Å². The molecule has 0 aromatic heterocycles. The molecule has 0 amide bonds. The highest BCUT2D eigenvalue weighted by Crippen LogP contribution is 2.24. The molecule has 5 heteroatoms. The first-order valence-electron chi connectivity index (χ1n) is 13.1. The SMILES string of the molecule is CCCCCCCCCCCCCCCCCCOc1cc(CSC#N)cc(CSC#N)c1. The van der Waals surface area contributed by atoms with E-state index in [0.717, 1.165) is 29.9 Å². The smallest absolute Gasteiger partial charge is 0.133 e. The third-order valence-electron chi connectivity index (χ3n) is 5.90. The Morgan fingerprint density at radius 3 is 1.39 bits per heavy atom. The molecule has 0 aliphatic heterocycles. The van der Waals surface area contributed by atoms with E-state index in [9.17, 15) is 0 Å². The second-order valence-electron chi connectivity index (χ2n) is 8.90. The van der Waals surface area contributed by atoms with Crippen LogP contribution < -0.4 is 4.74 Å². The van der Waals surface area contributed by atoms with Crippen molar-refractivity contribution in [3.8, 4) is 16.6 Å². The van der Waals surface area contributed by atoms with E-state index in [0.29, 0.717) is 11.5 Å². The molecular weight excluding hydrogens is 444 g/mol. The lowest BCUT2D eigenvalue weighted by Crippen LogP contribution is -1.99. The average Bonchev–Trinajstić information content (AvgIpc) is 2.83. The first-order valence-corrected chi connectivity index (χ1v) is 15.0. The average molecular weight is 489 g/mol. The number of hydrogen-bond acceptors (Lipinski definition) is 5. The van der Waals surface area contributed by atoms with Gasteiger partial charge in [0.2, 0.25) is 0 Å². The standard InChI is InChI=1S/C28H44N2OS2/c1-2-3-4-5-6-7-8-9-10-11-12-13-14-15-16-17-18-31-28-20-26(22-32-24-29)19-27(21-28)23-33-25-30/h19-21H,2-18,22-23H2,1H3. The molecule has 33 heavy (non-hydrogen) atoms. The molecule has 0 heterocycles. The van der Waals surface area contributed by atoms with Crippen molar-refractivity contribution in [2.75, 3.05) is 6.61 Å². The van der Waals surface area contributed by atoms with Crippen LogP contribution in [0.5, 0.6) is 5.75 Å². The fraction of sp³-hybridized carbons (Fsp3) is 0.714. The molecule has 1 aromatic rings. The van der Waals surface area contributed by atoms with Crippen LogP contribution in [0.25, 0.3) is 0 Å². The summed E-state index contributed by atoms with van der Waals surface area (Å²) >= 11 is 2.46. The van der Waals surface area contributed by atoms with E-state index in [1.165, 1.54) is 120 Å². The van der Waals surface area contributed by atoms with Gasteiger partial charge in [0.1, 0.15) is 16.6 Å². The largest absolute Gasteiger partial charge is 0.494 e. The molecule has 0 saturated carbocycles. The van der Waals surface area contributed by atoms with Crippen LogP contribution in [0.15, 0.2) is 18.2 Å². The highest BCUT2D eigenvalue weighted by Gasteiger charge is 2.04. The Labute approximate surface area is 212 Å². The van der Waals surface area contributed by atoms with Crippen molar-refractivity contribution < 1.29 is 4.74 Å². The number of nitriles is 2. The van der Waals surface area contributed by atoms with Gasteiger partial charge in [0, 0.05) is 11.5 Å². The molecule has 0 aliphatic carbocycles. The van der Waals surface area contributed by atoms with Crippen LogP contribution in [0, 0.1) is 21.3 Å². The van der Waals surface area contributed by atoms with E-state index in [2.05, 4.69) is 23.8 Å². The minimum absolute atomic E-state index is 0.650. The molecule has 0 radical (unpaired) electrons. The summed E-state index contributed by atoms with van der Waals surface area (Å²) in [5, 5.41) is 21.9. The molecule has 0 aliphatic rings. The van der Waals surface area contributed by atoms with Crippen LogP contribution in [0.4, 0.5) is 0 Å². The fourth-order valence-electron chi connectivity index (χ4n) is 4.05. The van der Waals surface area contributed by atoms with Gasteiger partial charge in [-0.1, -0.05) is 109 Å². The third kappa shape index (κ3) is 17.8. The van der Waals surface area contributed by atoms with Gasteiger partial charge in [-0.2, -0.15) is 10.5 Å². The van der Waals surface area contributed by atoms with Gasteiger partial charge in [-0.3, -0.25) is 0 Å². The molecule has 184 valence electrons. The minimum Gasteiger partial charge on any atom is -0.494 e. The summed E-state index contributed by atoms with van der Waals surface area (Å²) in [5.41, 5.74) is 2.17. The fourth-order valence-corrected chi connectivity index (χ4v) is 4.85. The lowest BCUT2D eigenvalue weighted by Gasteiger charge is -2.10. The van der Waals surface area contributed by atoms with Gasteiger partial charge in [0.05, 0.1) is 6.61 Å². The second-order valence-corrected chi connectivity index (χ2v) is 10.4. The Morgan fingerprint density at radius 1 is 0.606 bits per heavy atom. The highest BCUT2D eigenvalue weighted by molar-refractivity contribution is 8.03. The van der Waals surface area contributed by atoms with Crippen LogP contribution in [0.2, 0.25) is 0 Å². The van der Waals surface area contributed by atoms with E-state index in [1.54, 1.807) is 0 Å². The zero-order valence-corrected chi connectivity index (χ0v) is 22.4. The van der Waals surface area contributed by atoms with Gasteiger partial charge in [0.25, 0.3) is 0 Å². The number of nitrogens with zero attached hydrogens (tertiary/aromatic N) is 2. The Morgan fingerprint density at radius 2 is 1.00 bits per heavy atom. The predicted molar refractivity (Wildman–Crippen MR) is 145 cm³/mol. The van der Waals surface area contributed by atoms with Crippen molar-refractivity contribution in [3.05, 3.63) is 29.3 Å². The summed E-state index contributed by atoms with van der Waals surface area (Å²) in [6.45, 7) is 3.02. The predicted octanol–water partition coefficient (Wildman–Crippen LogP) is 9.76. The van der Waals surface area contributed by atoms with Crippen molar-refractivity contribution in [2.24, 2.45) is 0 Å². The normalized spacial score (nSPS) is 10.6. The van der Waals surface area contributed by atoms with E-state index in [1.807, 2.05) is 12.1 Å². The number of thiocyanates is 2. The zero-order valence-electron chi connectivity index (χ0n) is 20.8. The zero-order chi connectivity index (χ0) is 23.8. The maximum absolute atomic E-state index is 8.81. The van der Waals surface area contributed by atoms with E-state index in [4.69, 9.17) is 15.3 Å².